The third-order valence-electron chi connectivity index (χ3n) is 2.84. The molecule has 142 valence electrons. The molecule has 2 aromatic rings. The lowest BCUT2D eigenvalue weighted by Gasteiger charge is -2.07. The van der Waals surface area contributed by atoms with E-state index in [-0.39, 0.29) is 34.1 Å². The predicted octanol–water partition coefficient (Wildman–Crippen LogP) is 0.921. The summed E-state index contributed by atoms with van der Waals surface area (Å²) in [6.45, 7) is -0.0548. The minimum Gasteiger partial charge on any atom is -0.364 e. The van der Waals surface area contributed by atoms with Gasteiger partial charge in [0.25, 0.3) is 0 Å². The molecule has 0 spiro atoms. The molecule has 0 aliphatic carbocycles. The Balaban J connectivity index is 2.16. The molecule has 0 aliphatic rings. The average molecular weight is 453 g/mol. The van der Waals surface area contributed by atoms with Gasteiger partial charge in [0, 0.05) is 6.54 Å². The van der Waals surface area contributed by atoms with Gasteiger partial charge in [-0.1, -0.05) is 4.89 Å². The van der Waals surface area contributed by atoms with Crippen molar-refractivity contribution in [3.8, 4) is 0 Å². The Kier molecular flexibility index (Phi) is 6.98. The van der Waals surface area contributed by atoms with Crippen molar-refractivity contribution < 1.29 is 27.5 Å². The van der Waals surface area contributed by atoms with E-state index in [0.29, 0.717) is 5.69 Å². The molecule has 0 unspecified atom stereocenters. The van der Waals surface area contributed by atoms with Gasteiger partial charge in [-0.15, -0.1) is 0 Å². The number of hydrogen-bond donors (Lipinski definition) is 4. The Bertz CT molecular complexity index is 890. The second-order valence-electron chi connectivity index (χ2n) is 4.67. The van der Waals surface area contributed by atoms with Gasteiger partial charge in [-0.25, -0.2) is 22.4 Å². The fourth-order valence-corrected chi connectivity index (χ4v) is 2.82. The fraction of sp³-hybridized carbons (Fsp3) is 0.250. The number of amidine groups is 1. The van der Waals surface area contributed by atoms with Gasteiger partial charge in [0.15, 0.2) is 11.5 Å². The first-order valence-corrected chi connectivity index (χ1v) is 9.34. The third-order valence-corrected chi connectivity index (χ3v) is 4.61. The van der Waals surface area contributed by atoms with Gasteiger partial charge in [0.1, 0.15) is 5.82 Å². The highest BCUT2D eigenvalue weighted by atomic mass is 79.9. The van der Waals surface area contributed by atoms with Gasteiger partial charge < -0.3 is 5.32 Å². The minimum atomic E-state index is -3.63. The van der Waals surface area contributed by atoms with Gasteiger partial charge in [0.2, 0.25) is 15.8 Å². The molecule has 4 N–H and O–H groups in total. The smallest absolute Gasteiger partial charge is 0.235 e. The average Bonchev–Trinajstić information content (AvgIpc) is 3.04. The van der Waals surface area contributed by atoms with Crippen molar-refractivity contribution in [1.82, 2.24) is 20.7 Å². The van der Waals surface area contributed by atoms with Crippen LogP contribution in [-0.2, 0) is 14.9 Å². The number of benzene rings is 1. The number of nitrogens with one attached hydrogen (secondary N) is 3. The van der Waals surface area contributed by atoms with E-state index in [1.165, 1.54) is 25.3 Å². The Hall–Kier alpha value is -2.13. The number of aromatic nitrogens is 2. The molecule has 1 aromatic carbocycles. The first-order valence-electron chi connectivity index (χ1n) is 6.89. The van der Waals surface area contributed by atoms with Crippen molar-refractivity contribution in [2.45, 2.75) is 0 Å². The fourth-order valence-electron chi connectivity index (χ4n) is 1.75. The maximum atomic E-state index is 13.3. The van der Waals surface area contributed by atoms with Gasteiger partial charge >= 0.3 is 0 Å². The number of hydroxylamine groups is 1. The summed E-state index contributed by atoms with van der Waals surface area (Å²) >= 11 is 3.03. The number of halogens is 2. The molecule has 11 nitrogen and oxygen atoms in total. The van der Waals surface area contributed by atoms with Gasteiger partial charge in [-0.05, 0) is 44.4 Å². The monoisotopic (exact) mass is 452 g/mol. The van der Waals surface area contributed by atoms with Crippen molar-refractivity contribution in [2.24, 2.45) is 4.99 Å². The second-order valence-corrected chi connectivity index (χ2v) is 7.32. The van der Waals surface area contributed by atoms with Crippen molar-refractivity contribution in [2.75, 3.05) is 24.7 Å². The van der Waals surface area contributed by atoms with Crippen LogP contribution in [0.1, 0.15) is 5.69 Å². The van der Waals surface area contributed by atoms with E-state index in [1.54, 1.807) is 0 Å². The third kappa shape index (κ3) is 5.43. The van der Waals surface area contributed by atoms with E-state index in [0.717, 1.165) is 0 Å². The number of hydrogen-bond acceptors (Lipinski definition) is 9. The van der Waals surface area contributed by atoms with Crippen molar-refractivity contribution >= 4 is 43.3 Å². The van der Waals surface area contributed by atoms with Crippen molar-refractivity contribution in [3.63, 3.8) is 0 Å². The van der Waals surface area contributed by atoms with Crippen molar-refractivity contribution in [1.29, 1.82) is 0 Å². The summed E-state index contributed by atoms with van der Waals surface area (Å²) in [5.74, 6) is -0.903. The zero-order valence-corrected chi connectivity index (χ0v) is 15.6. The minimum absolute atomic E-state index is 0.00922. The number of sulfonamides is 1. The summed E-state index contributed by atoms with van der Waals surface area (Å²) in [4.78, 5) is 10.3. The molecule has 14 heteroatoms. The van der Waals surface area contributed by atoms with Crippen LogP contribution in [0.4, 0.5) is 15.9 Å². The maximum Gasteiger partial charge on any atom is 0.235 e. The van der Waals surface area contributed by atoms with E-state index >= 15 is 0 Å². The van der Waals surface area contributed by atoms with Crippen LogP contribution in [0.5, 0.6) is 0 Å². The molecule has 0 fully saturated rings. The molecular weight excluding hydrogens is 439 g/mol. The SMILES string of the molecule is CONS(=O)(=O)CCNc1nonc1C(=Nc1ccc(F)c(Br)c1)NO. The van der Waals surface area contributed by atoms with Crippen LogP contribution < -0.4 is 15.7 Å². The molecule has 0 radical (unpaired) electrons. The highest BCUT2D eigenvalue weighted by Crippen LogP contribution is 2.23. The molecule has 1 heterocycles. The quantitative estimate of drug-likeness (QED) is 0.260. The van der Waals surface area contributed by atoms with Gasteiger partial charge in [-0.2, -0.15) is 0 Å². The summed E-state index contributed by atoms with van der Waals surface area (Å²) in [7, 11) is -2.46. The predicted molar refractivity (Wildman–Crippen MR) is 91.9 cm³/mol. The van der Waals surface area contributed by atoms with Gasteiger partial charge in [0.05, 0.1) is 23.0 Å². The Morgan fingerprint density at radius 2 is 2.23 bits per heavy atom. The largest absolute Gasteiger partial charge is 0.364 e. The Labute approximate surface area is 155 Å². The van der Waals surface area contributed by atoms with E-state index < -0.39 is 15.8 Å². The molecule has 1 aromatic heterocycles. The number of anilines is 1. The van der Waals surface area contributed by atoms with E-state index in [1.807, 2.05) is 10.4 Å². The van der Waals surface area contributed by atoms with Crippen LogP contribution in [0.3, 0.4) is 0 Å². The molecule has 0 saturated heterocycles. The first-order chi connectivity index (χ1) is 12.4. The van der Waals surface area contributed by atoms with Crippen LogP contribution in [0, 0.1) is 5.82 Å². The standard InChI is InChI=1S/C12H14BrFN6O5S/c1-24-20-26(22,23)5-4-15-11-10(18-25-19-11)12(17-21)16-7-2-3-9(14)8(13)6-7/h2-3,6,20-21H,4-5H2,1H3,(H,15,19)(H,16,17). The summed E-state index contributed by atoms with van der Waals surface area (Å²) in [5.41, 5.74) is 2.13. The molecule has 0 aliphatic heterocycles. The molecule has 0 amide bonds. The number of nitrogens with zero attached hydrogens (tertiary/aromatic N) is 3. The topological polar surface area (TPSA) is 151 Å². The van der Waals surface area contributed by atoms with E-state index in [4.69, 9.17) is 0 Å². The van der Waals surface area contributed by atoms with E-state index in [2.05, 4.69) is 46.0 Å². The van der Waals surface area contributed by atoms with Crippen LogP contribution in [-0.4, -0.2) is 49.2 Å². The first kappa shape index (κ1) is 20.2. The van der Waals surface area contributed by atoms with Crippen LogP contribution in [0.25, 0.3) is 0 Å². The normalized spacial score (nSPS) is 12.2. The lowest BCUT2D eigenvalue weighted by Crippen LogP contribution is -2.29. The molecular formula is C12H14BrFN6O5S. The highest BCUT2D eigenvalue weighted by molar-refractivity contribution is 9.10. The second kappa shape index (κ2) is 9.00. The number of aliphatic imine (C=N–C) groups is 1. The van der Waals surface area contributed by atoms with Crippen LogP contribution in [0.15, 0.2) is 32.3 Å². The van der Waals surface area contributed by atoms with Gasteiger partial charge in [-0.3, -0.25) is 15.5 Å². The molecule has 0 saturated carbocycles. The summed E-state index contributed by atoms with van der Waals surface area (Å²) in [6.07, 6.45) is 0. The van der Waals surface area contributed by atoms with Crippen molar-refractivity contribution in [3.05, 3.63) is 34.2 Å². The summed E-state index contributed by atoms with van der Waals surface area (Å²) in [6, 6.07) is 3.95. The molecule has 0 bridgehead atoms. The highest BCUT2D eigenvalue weighted by Gasteiger charge is 2.18. The Morgan fingerprint density at radius 1 is 1.46 bits per heavy atom. The molecule has 0 atom stereocenters. The maximum absolute atomic E-state index is 13.3. The Morgan fingerprint density at radius 3 is 2.88 bits per heavy atom. The summed E-state index contributed by atoms with van der Waals surface area (Å²) in [5, 5.41) is 19.2. The van der Waals surface area contributed by atoms with Crippen LogP contribution in [0.2, 0.25) is 0 Å². The molecule has 2 rings (SSSR count). The lowest BCUT2D eigenvalue weighted by molar-refractivity contribution is 0.153. The van der Waals surface area contributed by atoms with E-state index in [9.17, 15) is 18.0 Å². The summed E-state index contributed by atoms with van der Waals surface area (Å²) < 4.78 is 41.0. The number of rotatable bonds is 8. The zero-order chi connectivity index (χ0) is 19.2. The lowest BCUT2D eigenvalue weighted by atomic mass is 10.3. The zero-order valence-electron chi connectivity index (χ0n) is 13.2. The van der Waals surface area contributed by atoms with Crippen LogP contribution >= 0.6 is 15.9 Å². The molecule has 26 heavy (non-hydrogen) atoms.